The van der Waals surface area contributed by atoms with Crippen LogP contribution < -0.4 is 25.3 Å². The molecule has 1 amide bonds. The number of nitrogens with zero attached hydrogens (tertiary/aromatic N) is 5. The Kier molecular flexibility index (Phi) is 8.87. The number of hydrogen-bond acceptors (Lipinski definition) is 10. The van der Waals surface area contributed by atoms with E-state index < -0.39 is 0 Å². The van der Waals surface area contributed by atoms with Gasteiger partial charge in [0.25, 0.3) is 0 Å². The van der Waals surface area contributed by atoms with E-state index in [-0.39, 0.29) is 11.9 Å². The second-order valence-corrected chi connectivity index (χ2v) is 11.3. The van der Waals surface area contributed by atoms with E-state index in [0.717, 1.165) is 57.1 Å². The second kappa shape index (κ2) is 12.9. The molecule has 2 aromatic carbocycles. The summed E-state index contributed by atoms with van der Waals surface area (Å²) in [5, 5.41) is 9.02. The van der Waals surface area contributed by atoms with Crippen molar-refractivity contribution in [3.8, 4) is 5.75 Å². The van der Waals surface area contributed by atoms with Crippen molar-refractivity contribution in [2.45, 2.75) is 18.5 Å². The number of amides is 1. The lowest BCUT2D eigenvalue weighted by atomic mass is 10.0. The molecule has 0 radical (unpaired) electrons. The smallest absolute Gasteiger partial charge is 0.247 e. The van der Waals surface area contributed by atoms with E-state index >= 15 is 0 Å². The van der Waals surface area contributed by atoms with Crippen molar-refractivity contribution in [3.05, 3.63) is 71.0 Å². The number of aromatic nitrogens is 2. The van der Waals surface area contributed by atoms with Crippen LogP contribution in [0.5, 0.6) is 5.75 Å². The number of benzene rings is 2. The maximum absolute atomic E-state index is 12.4. The van der Waals surface area contributed by atoms with Crippen molar-refractivity contribution in [3.63, 3.8) is 0 Å². The number of hydrogen-bond donors (Lipinski definition) is 2. The summed E-state index contributed by atoms with van der Waals surface area (Å²) in [6.07, 6.45) is 3.44. The summed E-state index contributed by atoms with van der Waals surface area (Å²) in [5.74, 6) is 1.37. The van der Waals surface area contributed by atoms with Gasteiger partial charge < -0.3 is 25.0 Å². The molecule has 3 aliphatic heterocycles. The van der Waals surface area contributed by atoms with Gasteiger partial charge in [-0.2, -0.15) is 0 Å². The van der Waals surface area contributed by atoms with Crippen molar-refractivity contribution in [1.29, 1.82) is 0 Å². The van der Waals surface area contributed by atoms with Crippen molar-refractivity contribution < 1.29 is 19.1 Å². The number of methoxy groups -OCH3 is 1. The topological polar surface area (TPSA) is 104 Å². The van der Waals surface area contributed by atoms with Crippen molar-refractivity contribution in [2.75, 3.05) is 73.7 Å². The highest BCUT2D eigenvalue weighted by atomic mass is 35.5. The van der Waals surface area contributed by atoms with E-state index in [2.05, 4.69) is 37.0 Å². The summed E-state index contributed by atoms with van der Waals surface area (Å²) in [7, 11) is 1.61. The Balaban J connectivity index is 1.26. The fraction of sp³-hybridized carbons (Fsp3) is 0.367. The molecule has 1 atom stereocenters. The van der Waals surface area contributed by atoms with Gasteiger partial charge >= 0.3 is 0 Å². The molecule has 3 saturated heterocycles. The van der Waals surface area contributed by atoms with Gasteiger partial charge in [-0.15, -0.1) is 0 Å². The quantitative estimate of drug-likeness (QED) is 0.313. The molecule has 0 bridgehead atoms. The third kappa shape index (κ3) is 6.22. The van der Waals surface area contributed by atoms with Gasteiger partial charge in [0, 0.05) is 44.7 Å². The van der Waals surface area contributed by atoms with Crippen LogP contribution in [0.3, 0.4) is 0 Å². The highest BCUT2D eigenvalue weighted by Gasteiger charge is 2.32. The molecule has 2 N–H and O–H groups in total. The lowest BCUT2D eigenvalue weighted by Gasteiger charge is -2.43. The normalized spacial score (nSPS) is 19.2. The molecule has 3 fully saturated rings. The maximum Gasteiger partial charge on any atom is 0.247 e. The number of anilines is 5. The lowest BCUT2D eigenvalue weighted by molar-refractivity contribution is -0.111. The third-order valence-corrected chi connectivity index (χ3v) is 8.77. The Morgan fingerprint density at radius 3 is 2.65 bits per heavy atom. The number of piperazine rings is 1. The highest BCUT2D eigenvalue weighted by molar-refractivity contribution is 6.42. The summed E-state index contributed by atoms with van der Waals surface area (Å²) in [6, 6.07) is 11.5. The highest BCUT2D eigenvalue weighted by Crippen LogP contribution is 2.41. The molecule has 3 aromatic rings. The number of carbonyl (C=O) groups excluding carboxylic acids is 1. The van der Waals surface area contributed by atoms with E-state index in [1.807, 2.05) is 24.3 Å². The van der Waals surface area contributed by atoms with Gasteiger partial charge in [0.05, 0.1) is 66.1 Å². The van der Waals surface area contributed by atoms with E-state index in [4.69, 9.17) is 37.5 Å². The molecule has 4 heterocycles. The Bertz CT molecular complexity index is 1500. The lowest BCUT2D eigenvalue weighted by Crippen LogP contribution is -2.56. The zero-order valence-corrected chi connectivity index (χ0v) is 25.3. The standard InChI is InChI=1S/C30H33Cl2N7O4/c1-3-29(40)36-22-13-23(26(41-2)14-25(22)38-10-8-37(9-11-38)19-16-42-17-19)35-27-15-28(34-18-33-27)39-24(7-12-43-39)20-5-4-6-21(31)30(20)32/h3-6,13-15,18-19,24H,1,7-12,16-17H2,2H3,(H,36,40)(H,33,34,35). The molecule has 0 aliphatic carbocycles. The Labute approximate surface area is 260 Å². The average Bonchev–Trinajstić information content (AvgIpc) is 3.48. The number of hydroxylamine groups is 1. The predicted octanol–water partition coefficient (Wildman–Crippen LogP) is 5.06. The first-order valence-corrected chi connectivity index (χ1v) is 14.9. The molecule has 226 valence electrons. The van der Waals surface area contributed by atoms with E-state index in [1.165, 1.54) is 12.4 Å². The first-order chi connectivity index (χ1) is 20.9. The zero-order valence-electron chi connectivity index (χ0n) is 23.8. The minimum Gasteiger partial charge on any atom is -0.494 e. The van der Waals surface area contributed by atoms with Crippen molar-refractivity contribution in [2.24, 2.45) is 0 Å². The molecule has 13 heteroatoms. The molecule has 1 unspecified atom stereocenters. The molecule has 3 aliphatic rings. The largest absolute Gasteiger partial charge is 0.494 e. The summed E-state index contributed by atoms with van der Waals surface area (Å²) in [4.78, 5) is 32.0. The molecular formula is C30H33Cl2N7O4. The number of ether oxygens (including phenoxy) is 2. The summed E-state index contributed by atoms with van der Waals surface area (Å²) in [5.41, 5.74) is 3.00. The molecule has 0 saturated carbocycles. The second-order valence-electron chi connectivity index (χ2n) is 10.5. The SMILES string of the molecule is C=CC(=O)Nc1cc(Nc2cc(N3OCCC3c3cccc(Cl)c3Cl)ncn2)c(OC)cc1N1CCN(C2COC2)CC1. The summed E-state index contributed by atoms with van der Waals surface area (Å²) >= 11 is 12.8. The summed E-state index contributed by atoms with van der Waals surface area (Å²) < 4.78 is 11.2. The summed E-state index contributed by atoms with van der Waals surface area (Å²) in [6.45, 7) is 9.15. The number of nitrogens with one attached hydrogen (secondary N) is 2. The van der Waals surface area contributed by atoms with Crippen LogP contribution in [0.2, 0.25) is 10.0 Å². The molecule has 11 nitrogen and oxygen atoms in total. The number of rotatable bonds is 9. The van der Waals surface area contributed by atoms with Gasteiger partial charge in [-0.05, 0) is 23.8 Å². The van der Waals surface area contributed by atoms with Crippen molar-refractivity contribution >= 4 is 57.8 Å². The number of carbonyl (C=O) groups is 1. The molecule has 6 rings (SSSR count). The van der Waals surface area contributed by atoms with Gasteiger partial charge in [0.15, 0.2) is 5.82 Å². The fourth-order valence-corrected chi connectivity index (χ4v) is 6.01. The van der Waals surface area contributed by atoms with Crippen LogP contribution in [0.25, 0.3) is 0 Å². The van der Waals surface area contributed by atoms with E-state index in [1.54, 1.807) is 24.3 Å². The monoisotopic (exact) mass is 625 g/mol. The van der Waals surface area contributed by atoms with Crippen LogP contribution in [0.1, 0.15) is 18.0 Å². The predicted molar refractivity (Wildman–Crippen MR) is 168 cm³/mol. The minimum atomic E-state index is -0.302. The molecular weight excluding hydrogens is 593 g/mol. The first kappa shape index (κ1) is 29.5. The van der Waals surface area contributed by atoms with Crippen LogP contribution in [0, 0.1) is 0 Å². The number of halogens is 2. The first-order valence-electron chi connectivity index (χ1n) is 14.1. The molecule has 43 heavy (non-hydrogen) atoms. The van der Waals surface area contributed by atoms with Gasteiger partial charge in [-0.1, -0.05) is 41.9 Å². The van der Waals surface area contributed by atoms with Crippen LogP contribution in [0.4, 0.5) is 28.7 Å². The van der Waals surface area contributed by atoms with Crippen LogP contribution in [-0.2, 0) is 14.4 Å². The molecule has 1 aromatic heterocycles. The fourth-order valence-electron chi connectivity index (χ4n) is 5.57. The van der Waals surface area contributed by atoms with Crippen LogP contribution >= 0.6 is 23.2 Å². The van der Waals surface area contributed by atoms with Gasteiger partial charge in [0.2, 0.25) is 5.91 Å². The average molecular weight is 627 g/mol. The van der Waals surface area contributed by atoms with Gasteiger partial charge in [0.1, 0.15) is 17.9 Å². The van der Waals surface area contributed by atoms with Crippen molar-refractivity contribution in [1.82, 2.24) is 14.9 Å². The van der Waals surface area contributed by atoms with E-state index in [9.17, 15) is 4.79 Å². The third-order valence-electron chi connectivity index (χ3n) is 7.94. The van der Waals surface area contributed by atoms with Crippen LogP contribution in [-0.4, -0.2) is 79.9 Å². The van der Waals surface area contributed by atoms with E-state index in [0.29, 0.717) is 51.5 Å². The Morgan fingerprint density at radius 2 is 1.93 bits per heavy atom. The van der Waals surface area contributed by atoms with Gasteiger partial charge in [-0.25, -0.2) is 15.0 Å². The Hall–Kier alpha value is -3.61. The molecule has 0 spiro atoms. The maximum atomic E-state index is 12.4. The zero-order chi connectivity index (χ0) is 29.9. The Morgan fingerprint density at radius 1 is 1.12 bits per heavy atom. The van der Waals surface area contributed by atoms with Gasteiger partial charge in [-0.3, -0.25) is 14.5 Å². The van der Waals surface area contributed by atoms with Crippen LogP contribution in [0.15, 0.2) is 55.4 Å². The minimum absolute atomic E-state index is 0.166.